The summed E-state index contributed by atoms with van der Waals surface area (Å²) in [5.74, 6) is -0.363. The molecule has 5 N–H and O–H groups in total. The summed E-state index contributed by atoms with van der Waals surface area (Å²) in [5.41, 5.74) is 0.456. The van der Waals surface area contributed by atoms with Crippen molar-refractivity contribution in [2.75, 3.05) is 33.0 Å². The molecule has 0 saturated heterocycles. The van der Waals surface area contributed by atoms with Crippen LogP contribution in [-0.4, -0.2) is 76.9 Å². The van der Waals surface area contributed by atoms with Crippen LogP contribution in [0.5, 0.6) is 0 Å². The first kappa shape index (κ1) is 18.3. The quantitative estimate of drug-likeness (QED) is 0.256. The van der Waals surface area contributed by atoms with Gasteiger partial charge in [0.05, 0.1) is 33.0 Å². The molecule has 0 radical (unpaired) electrons. The summed E-state index contributed by atoms with van der Waals surface area (Å²) in [6.07, 6.45) is -4.41. The van der Waals surface area contributed by atoms with Crippen molar-refractivity contribution in [2.45, 2.75) is 32.2 Å². The minimum Gasteiger partial charge on any atom is -0.510 e. The predicted octanol–water partition coefficient (Wildman–Crippen LogP) is -1.05. The first-order valence-electron chi connectivity index (χ1n) is 6.08. The number of hydrogen-bond donors (Lipinski definition) is 5. The average Bonchev–Trinajstić information content (AvgIpc) is 2.39. The molecule has 3 unspecified atom stereocenters. The summed E-state index contributed by atoms with van der Waals surface area (Å²) >= 11 is 0. The zero-order valence-corrected chi connectivity index (χ0v) is 11.3. The molecule has 0 fully saturated rings. The molecule has 0 aliphatic heterocycles. The van der Waals surface area contributed by atoms with E-state index in [1.54, 1.807) is 13.8 Å². The molecule has 0 aromatic heterocycles. The van der Waals surface area contributed by atoms with Crippen LogP contribution in [-0.2, 0) is 9.47 Å². The number of hydrogen-bond acceptors (Lipinski definition) is 7. The molecule has 114 valence electrons. The van der Waals surface area contributed by atoms with Crippen LogP contribution < -0.4 is 0 Å². The highest BCUT2D eigenvalue weighted by atomic mass is 16.5. The number of aliphatic hydroxyl groups is 5. The van der Waals surface area contributed by atoms with Gasteiger partial charge in [-0.3, -0.25) is 0 Å². The molecule has 0 aliphatic rings. The molecule has 0 amide bonds. The lowest BCUT2D eigenvalue weighted by molar-refractivity contribution is -0.0907. The Balaban J connectivity index is 3.94. The second-order valence-corrected chi connectivity index (χ2v) is 4.30. The van der Waals surface area contributed by atoms with Crippen LogP contribution >= 0.6 is 0 Å². The maximum Gasteiger partial charge on any atom is 0.139 e. The molecule has 7 heteroatoms. The maximum absolute atomic E-state index is 9.61. The van der Waals surface area contributed by atoms with Crippen molar-refractivity contribution >= 4 is 0 Å². The molecular weight excluding hydrogens is 256 g/mol. The monoisotopic (exact) mass is 280 g/mol. The molecule has 0 rings (SSSR count). The third-order valence-corrected chi connectivity index (χ3v) is 2.41. The predicted molar refractivity (Wildman–Crippen MR) is 67.7 cm³/mol. The smallest absolute Gasteiger partial charge is 0.139 e. The van der Waals surface area contributed by atoms with Crippen LogP contribution in [0.15, 0.2) is 11.3 Å². The Labute approximate surface area is 112 Å². The second-order valence-electron chi connectivity index (χ2n) is 4.30. The average molecular weight is 280 g/mol. The summed E-state index contributed by atoms with van der Waals surface area (Å²) in [5, 5.41) is 46.7. The van der Waals surface area contributed by atoms with Crippen molar-refractivity contribution in [1.82, 2.24) is 0 Å². The fourth-order valence-electron chi connectivity index (χ4n) is 1.26. The Morgan fingerprint density at radius 2 is 1.58 bits per heavy atom. The summed E-state index contributed by atoms with van der Waals surface area (Å²) in [6, 6.07) is 0. The summed E-state index contributed by atoms with van der Waals surface area (Å²) < 4.78 is 9.95. The standard InChI is InChI=1S/C12H24O7/c1-8(2)10(15)12(17)11(16)9(14)7-19-6-5-18-4-3-13/h9,11-17H,3-7H2,1-2H3. The summed E-state index contributed by atoms with van der Waals surface area (Å²) in [7, 11) is 0. The van der Waals surface area contributed by atoms with Gasteiger partial charge in [0.25, 0.3) is 0 Å². The fourth-order valence-corrected chi connectivity index (χ4v) is 1.26. The van der Waals surface area contributed by atoms with E-state index >= 15 is 0 Å². The molecule has 7 nitrogen and oxygen atoms in total. The van der Waals surface area contributed by atoms with E-state index in [0.717, 1.165) is 0 Å². The number of allylic oxidation sites excluding steroid dienone is 1. The van der Waals surface area contributed by atoms with Crippen molar-refractivity contribution in [1.29, 1.82) is 0 Å². The molecule has 0 saturated carbocycles. The van der Waals surface area contributed by atoms with Crippen LogP contribution in [0.2, 0.25) is 0 Å². The van der Waals surface area contributed by atoms with Gasteiger partial charge in [-0.2, -0.15) is 0 Å². The van der Waals surface area contributed by atoms with Crippen LogP contribution in [0.3, 0.4) is 0 Å². The van der Waals surface area contributed by atoms with E-state index in [-0.39, 0.29) is 38.8 Å². The van der Waals surface area contributed by atoms with Crippen LogP contribution in [0.4, 0.5) is 0 Å². The summed E-state index contributed by atoms with van der Waals surface area (Å²) in [4.78, 5) is 0. The Morgan fingerprint density at radius 1 is 1.00 bits per heavy atom. The minimum atomic E-state index is -1.55. The Morgan fingerprint density at radius 3 is 2.11 bits per heavy atom. The molecule has 0 heterocycles. The van der Waals surface area contributed by atoms with E-state index in [1.165, 1.54) is 0 Å². The molecule has 0 aromatic carbocycles. The number of ether oxygens (including phenoxy) is 2. The number of aliphatic hydroxyl groups excluding tert-OH is 5. The van der Waals surface area contributed by atoms with E-state index in [4.69, 9.17) is 14.6 Å². The zero-order chi connectivity index (χ0) is 14.8. The molecular formula is C12H24O7. The third-order valence-electron chi connectivity index (χ3n) is 2.41. The van der Waals surface area contributed by atoms with Gasteiger partial charge in [-0.15, -0.1) is 0 Å². The lowest BCUT2D eigenvalue weighted by Gasteiger charge is -2.23. The van der Waals surface area contributed by atoms with Crippen molar-refractivity contribution < 1.29 is 35.0 Å². The van der Waals surface area contributed by atoms with E-state index in [1.807, 2.05) is 0 Å². The van der Waals surface area contributed by atoms with Gasteiger partial charge < -0.3 is 35.0 Å². The van der Waals surface area contributed by atoms with Gasteiger partial charge in [0, 0.05) is 0 Å². The van der Waals surface area contributed by atoms with Gasteiger partial charge in [-0.25, -0.2) is 0 Å². The Hall–Kier alpha value is -0.700. The highest BCUT2D eigenvalue weighted by molar-refractivity contribution is 5.08. The minimum absolute atomic E-state index is 0.0739. The van der Waals surface area contributed by atoms with Gasteiger partial charge in [0.2, 0.25) is 0 Å². The normalized spacial score (nSPS) is 15.9. The largest absolute Gasteiger partial charge is 0.510 e. The first-order valence-corrected chi connectivity index (χ1v) is 6.08. The fraction of sp³-hybridized carbons (Fsp3) is 0.833. The van der Waals surface area contributed by atoms with Crippen molar-refractivity contribution in [3.05, 3.63) is 11.3 Å². The van der Waals surface area contributed by atoms with Gasteiger partial charge in [0.15, 0.2) is 0 Å². The molecule has 0 spiro atoms. The van der Waals surface area contributed by atoms with Crippen molar-refractivity contribution in [3.8, 4) is 0 Å². The second kappa shape index (κ2) is 10.1. The highest BCUT2D eigenvalue weighted by Crippen LogP contribution is 2.11. The molecule has 0 bridgehead atoms. The van der Waals surface area contributed by atoms with Gasteiger partial charge >= 0.3 is 0 Å². The van der Waals surface area contributed by atoms with E-state index in [2.05, 4.69) is 0 Å². The van der Waals surface area contributed by atoms with E-state index in [0.29, 0.717) is 5.57 Å². The topological polar surface area (TPSA) is 120 Å². The lowest BCUT2D eigenvalue weighted by atomic mass is 10.0. The van der Waals surface area contributed by atoms with Crippen molar-refractivity contribution in [3.63, 3.8) is 0 Å². The van der Waals surface area contributed by atoms with Crippen molar-refractivity contribution in [2.24, 2.45) is 0 Å². The maximum atomic E-state index is 9.61. The third kappa shape index (κ3) is 7.46. The van der Waals surface area contributed by atoms with E-state index in [9.17, 15) is 20.4 Å². The highest BCUT2D eigenvalue weighted by Gasteiger charge is 2.28. The molecule has 19 heavy (non-hydrogen) atoms. The first-order chi connectivity index (χ1) is 8.91. The Bertz CT molecular complexity index is 263. The van der Waals surface area contributed by atoms with Crippen LogP contribution in [0.1, 0.15) is 13.8 Å². The Kier molecular flexibility index (Phi) is 9.76. The zero-order valence-electron chi connectivity index (χ0n) is 11.3. The lowest BCUT2D eigenvalue weighted by Crippen LogP contribution is -2.41. The molecule has 0 aromatic rings. The van der Waals surface area contributed by atoms with Crippen LogP contribution in [0.25, 0.3) is 0 Å². The SMILES string of the molecule is CC(C)=C(O)C(O)C(O)C(O)COCCOCCO. The van der Waals surface area contributed by atoms with Gasteiger partial charge in [-0.05, 0) is 19.4 Å². The number of rotatable bonds is 10. The molecule has 0 aliphatic carbocycles. The van der Waals surface area contributed by atoms with Gasteiger partial charge in [-0.1, -0.05) is 0 Å². The van der Waals surface area contributed by atoms with Crippen LogP contribution in [0, 0.1) is 0 Å². The molecule has 3 atom stereocenters. The van der Waals surface area contributed by atoms with Gasteiger partial charge in [0.1, 0.15) is 24.1 Å². The van der Waals surface area contributed by atoms with E-state index < -0.39 is 18.3 Å². The summed E-state index contributed by atoms with van der Waals surface area (Å²) in [6.45, 7) is 3.53.